The van der Waals surface area contributed by atoms with E-state index in [4.69, 9.17) is 11.6 Å². The number of hydrogen-bond donors (Lipinski definition) is 2. The zero-order chi connectivity index (χ0) is 23.6. The predicted molar refractivity (Wildman–Crippen MR) is 120 cm³/mol. The first-order valence-electron chi connectivity index (χ1n) is 10.4. The number of anilines is 2. The second-order valence-electron chi connectivity index (χ2n) is 8.11. The smallest absolute Gasteiger partial charge is 0.406 e. The van der Waals surface area contributed by atoms with Gasteiger partial charge in [-0.3, -0.25) is 9.69 Å². The third-order valence-electron chi connectivity index (χ3n) is 5.74. The monoisotopic (exact) mass is 481 g/mol. The lowest BCUT2D eigenvalue weighted by Crippen LogP contribution is -2.41. The van der Waals surface area contributed by atoms with Crippen LogP contribution in [-0.2, 0) is 4.79 Å². The minimum atomic E-state index is -4.71. The molecule has 2 heterocycles. The van der Waals surface area contributed by atoms with Gasteiger partial charge in [-0.2, -0.15) is 0 Å². The van der Waals surface area contributed by atoms with Crippen LogP contribution in [0.1, 0.15) is 6.42 Å². The molecule has 176 valence electrons. The molecule has 2 aliphatic heterocycles. The highest BCUT2D eigenvalue weighted by Crippen LogP contribution is 2.32. The molecule has 1 unspecified atom stereocenters. The van der Waals surface area contributed by atoms with Crippen molar-refractivity contribution >= 4 is 28.9 Å². The van der Waals surface area contributed by atoms with Crippen molar-refractivity contribution in [3.8, 4) is 5.75 Å². The van der Waals surface area contributed by atoms with E-state index in [-0.39, 0.29) is 30.7 Å². The molecule has 1 atom stereocenters. The molecule has 2 aliphatic rings. The van der Waals surface area contributed by atoms with Crippen molar-refractivity contribution in [2.24, 2.45) is 0 Å². The maximum atomic E-state index is 12.5. The Labute approximate surface area is 194 Å². The van der Waals surface area contributed by atoms with Crippen molar-refractivity contribution in [3.63, 3.8) is 0 Å². The Morgan fingerprint density at radius 3 is 2.33 bits per heavy atom. The minimum absolute atomic E-state index is 0.145. The number of carbonyl (C=O) groups is 1. The SMILES string of the molecule is O=C(CC(CO)N1CC2=C(CN(c3ccc(OC(F)(F)F)cc3)C2)C1)Nc1cccc(Cl)c1. The highest BCUT2D eigenvalue weighted by atomic mass is 35.5. The molecule has 0 saturated carbocycles. The number of halogens is 4. The van der Waals surface area contributed by atoms with Crippen LogP contribution in [0.15, 0.2) is 59.7 Å². The van der Waals surface area contributed by atoms with Gasteiger partial charge in [0.25, 0.3) is 0 Å². The normalized spacial score (nSPS) is 17.3. The zero-order valence-electron chi connectivity index (χ0n) is 17.6. The van der Waals surface area contributed by atoms with Crippen LogP contribution in [0, 0.1) is 0 Å². The quantitative estimate of drug-likeness (QED) is 0.584. The van der Waals surface area contributed by atoms with E-state index in [1.807, 2.05) is 0 Å². The number of nitrogens with zero attached hydrogens (tertiary/aromatic N) is 2. The average molecular weight is 482 g/mol. The summed E-state index contributed by atoms with van der Waals surface area (Å²) in [6.07, 6.45) is -4.57. The van der Waals surface area contributed by atoms with Crippen molar-refractivity contribution in [3.05, 3.63) is 64.7 Å². The summed E-state index contributed by atoms with van der Waals surface area (Å²) in [7, 11) is 0. The topological polar surface area (TPSA) is 65.0 Å². The highest BCUT2D eigenvalue weighted by molar-refractivity contribution is 6.30. The van der Waals surface area contributed by atoms with E-state index < -0.39 is 6.36 Å². The molecule has 1 amide bonds. The Bertz CT molecular complexity index is 1030. The number of ether oxygens (including phenoxy) is 1. The van der Waals surface area contributed by atoms with Gasteiger partial charge in [0.05, 0.1) is 6.61 Å². The summed E-state index contributed by atoms with van der Waals surface area (Å²) in [5.74, 6) is -0.454. The predicted octanol–water partition coefficient (Wildman–Crippen LogP) is 4.06. The summed E-state index contributed by atoms with van der Waals surface area (Å²) in [5, 5.41) is 13.2. The van der Waals surface area contributed by atoms with E-state index in [9.17, 15) is 23.1 Å². The van der Waals surface area contributed by atoms with E-state index in [1.165, 1.54) is 23.3 Å². The summed E-state index contributed by atoms with van der Waals surface area (Å²) in [6.45, 7) is 2.43. The zero-order valence-corrected chi connectivity index (χ0v) is 18.4. The van der Waals surface area contributed by atoms with Crippen LogP contribution in [0.5, 0.6) is 5.75 Å². The Balaban J connectivity index is 1.29. The first-order valence-corrected chi connectivity index (χ1v) is 10.8. The fraction of sp³-hybridized carbons (Fsp3) is 0.348. The Kier molecular flexibility index (Phi) is 6.83. The van der Waals surface area contributed by atoms with E-state index in [1.54, 1.807) is 36.4 Å². The van der Waals surface area contributed by atoms with Crippen molar-refractivity contribution in [1.82, 2.24) is 4.90 Å². The molecule has 0 saturated heterocycles. The number of carbonyl (C=O) groups excluding carboxylic acids is 1. The van der Waals surface area contributed by atoms with Gasteiger partial charge in [-0.25, -0.2) is 0 Å². The molecule has 0 fully saturated rings. The van der Waals surface area contributed by atoms with Crippen molar-refractivity contribution in [2.45, 2.75) is 18.8 Å². The molecular weight excluding hydrogens is 459 g/mol. The van der Waals surface area contributed by atoms with Crippen LogP contribution >= 0.6 is 11.6 Å². The number of hydrogen-bond acceptors (Lipinski definition) is 5. The van der Waals surface area contributed by atoms with Crippen molar-refractivity contribution in [2.75, 3.05) is 43.0 Å². The second-order valence-corrected chi connectivity index (χ2v) is 8.55. The van der Waals surface area contributed by atoms with Gasteiger partial charge < -0.3 is 20.1 Å². The van der Waals surface area contributed by atoms with Crippen LogP contribution in [0.25, 0.3) is 0 Å². The van der Waals surface area contributed by atoms with Gasteiger partial charge in [0.15, 0.2) is 0 Å². The second kappa shape index (κ2) is 9.62. The number of alkyl halides is 3. The third kappa shape index (κ3) is 5.98. The van der Waals surface area contributed by atoms with Gasteiger partial charge in [0.1, 0.15) is 5.75 Å². The number of aliphatic hydroxyl groups is 1. The van der Waals surface area contributed by atoms with Crippen LogP contribution in [0.3, 0.4) is 0 Å². The molecule has 4 rings (SSSR count). The molecular formula is C23H23ClF3N3O3. The molecule has 2 N–H and O–H groups in total. The summed E-state index contributed by atoms with van der Waals surface area (Å²) in [5.41, 5.74) is 3.83. The first kappa shape index (κ1) is 23.4. The number of aliphatic hydroxyl groups excluding tert-OH is 1. The molecule has 2 aromatic carbocycles. The summed E-state index contributed by atoms with van der Waals surface area (Å²) < 4.78 is 40.9. The fourth-order valence-corrected chi connectivity index (χ4v) is 4.40. The van der Waals surface area contributed by atoms with Crippen LogP contribution < -0.4 is 15.0 Å². The number of benzene rings is 2. The molecule has 0 radical (unpaired) electrons. The van der Waals surface area contributed by atoms with E-state index >= 15 is 0 Å². The molecule has 0 spiro atoms. The van der Waals surface area contributed by atoms with Crippen molar-refractivity contribution < 1.29 is 27.8 Å². The maximum absolute atomic E-state index is 12.5. The third-order valence-corrected chi connectivity index (χ3v) is 5.98. The van der Waals surface area contributed by atoms with E-state index in [2.05, 4.69) is 19.9 Å². The Morgan fingerprint density at radius 1 is 1.09 bits per heavy atom. The fourth-order valence-electron chi connectivity index (χ4n) is 4.21. The molecule has 0 aliphatic carbocycles. The average Bonchev–Trinajstić information content (AvgIpc) is 3.31. The van der Waals surface area contributed by atoms with E-state index in [0.29, 0.717) is 36.9 Å². The lowest BCUT2D eigenvalue weighted by molar-refractivity contribution is -0.274. The summed E-state index contributed by atoms with van der Waals surface area (Å²) >= 11 is 5.95. The van der Waals surface area contributed by atoms with Gasteiger partial charge >= 0.3 is 6.36 Å². The number of rotatable bonds is 7. The van der Waals surface area contributed by atoms with Crippen molar-refractivity contribution in [1.29, 1.82) is 0 Å². The highest BCUT2D eigenvalue weighted by Gasteiger charge is 2.34. The van der Waals surface area contributed by atoms with Gasteiger partial charge in [-0.1, -0.05) is 17.7 Å². The standard InChI is InChI=1S/C23H23ClF3N3O3/c24-17-2-1-3-18(8-17)28-22(32)9-20(14-31)30-12-15-10-29(11-16(15)13-30)19-4-6-21(7-5-19)33-23(25,26)27/h1-8,20,31H,9-14H2,(H,28,32). The minimum Gasteiger partial charge on any atom is -0.406 e. The molecule has 0 bridgehead atoms. The van der Waals surface area contributed by atoms with Gasteiger partial charge in [-0.05, 0) is 53.6 Å². The number of nitrogens with one attached hydrogen (secondary N) is 1. The Hall–Kier alpha value is -2.75. The lowest BCUT2D eigenvalue weighted by atomic mass is 10.1. The van der Waals surface area contributed by atoms with Crippen LogP contribution in [0.4, 0.5) is 24.5 Å². The van der Waals surface area contributed by atoms with Gasteiger partial charge in [0, 0.05) is 55.0 Å². The van der Waals surface area contributed by atoms with Gasteiger partial charge in [-0.15, -0.1) is 13.2 Å². The Morgan fingerprint density at radius 2 is 1.76 bits per heavy atom. The first-order chi connectivity index (χ1) is 15.7. The van der Waals surface area contributed by atoms with E-state index in [0.717, 1.165) is 5.69 Å². The number of amides is 1. The lowest BCUT2D eigenvalue weighted by Gasteiger charge is -2.29. The largest absolute Gasteiger partial charge is 0.573 e. The summed E-state index contributed by atoms with van der Waals surface area (Å²) in [6, 6.07) is 12.4. The molecule has 2 aromatic rings. The molecule has 33 heavy (non-hydrogen) atoms. The van der Waals surface area contributed by atoms with Gasteiger partial charge in [0.2, 0.25) is 5.91 Å². The van der Waals surface area contributed by atoms with Crippen LogP contribution in [0.2, 0.25) is 5.02 Å². The summed E-state index contributed by atoms with van der Waals surface area (Å²) in [4.78, 5) is 16.6. The maximum Gasteiger partial charge on any atom is 0.573 e. The van der Waals surface area contributed by atoms with Crippen LogP contribution in [-0.4, -0.2) is 61.1 Å². The molecule has 10 heteroatoms. The molecule has 6 nitrogen and oxygen atoms in total. The molecule has 0 aromatic heterocycles.